The van der Waals surface area contributed by atoms with E-state index in [2.05, 4.69) is 31.8 Å². The summed E-state index contributed by atoms with van der Waals surface area (Å²) >= 11 is -2.50. The van der Waals surface area contributed by atoms with Crippen molar-refractivity contribution in [1.82, 2.24) is 14.8 Å². The molecule has 25 heavy (non-hydrogen) atoms. The van der Waals surface area contributed by atoms with Gasteiger partial charge in [-0.25, -0.2) is 0 Å². The van der Waals surface area contributed by atoms with Crippen LogP contribution in [0.4, 0.5) is 4.39 Å². The van der Waals surface area contributed by atoms with Crippen LogP contribution in [-0.2, 0) is 0 Å². The van der Waals surface area contributed by atoms with Gasteiger partial charge < -0.3 is 0 Å². The van der Waals surface area contributed by atoms with Crippen LogP contribution in [-0.4, -0.2) is 33.1 Å². The second-order valence-corrected chi connectivity index (χ2v) is 20.1. The molecule has 0 aliphatic rings. The number of hydrogen-bond acceptors (Lipinski definition) is 2. The Balaban J connectivity index is 2.34. The summed E-state index contributed by atoms with van der Waals surface area (Å²) in [6.07, 6.45) is 12.6. The van der Waals surface area contributed by atoms with E-state index in [1.165, 1.54) is 67.8 Å². The number of rotatable bonds is 11. The van der Waals surface area contributed by atoms with Crippen molar-refractivity contribution >= 4 is 22.1 Å². The van der Waals surface area contributed by atoms with Gasteiger partial charge in [-0.3, -0.25) is 0 Å². The maximum atomic E-state index is 13.5. The normalized spacial score (nSPS) is 11.8. The maximum absolute atomic E-state index is 13.5. The molecular weight excluding hydrogens is 420 g/mol. The van der Waals surface area contributed by atoms with Gasteiger partial charge in [-0.1, -0.05) is 0 Å². The predicted octanol–water partition coefficient (Wildman–Crippen LogP) is 5.46. The van der Waals surface area contributed by atoms with Gasteiger partial charge in [0.15, 0.2) is 0 Å². The Kier molecular flexibility index (Phi) is 8.40. The van der Waals surface area contributed by atoms with Gasteiger partial charge in [0.2, 0.25) is 0 Å². The molecule has 3 nitrogen and oxygen atoms in total. The summed E-state index contributed by atoms with van der Waals surface area (Å²) in [6.45, 7) is 6.86. The topological polar surface area (TPSA) is 30.7 Å². The van der Waals surface area contributed by atoms with Gasteiger partial charge >= 0.3 is 156 Å². The molecule has 0 aliphatic carbocycles. The van der Waals surface area contributed by atoms with Crippen molar-refractivity contribution in [3.05, 3.63) is 36.5 Å². The van der Waals surface area contributed by atoms with Crippen LogP contribution in [0.5, 0.6) is 0 Å². The summed E-state index contributed by atoms with van der Waals surface area (Å²) < 4.78 is 20.9. The summed E-state index contributed by atoms with van der Waals surface area (Å²) in [5.41, 5.74) is 0.716. The average molecular weight is 452 g/mol. The number of pyridine rings is 1. The number of nitrogens with zero attached hydrogens (tertiary/aromatic N) is 3. The monoisotopic (exact) mass is 453 g/mol. The number of halogens is 1. The van der Waals surface area contributed by atoms with Crippen molar-refractivity contribution in [2.75, 3.05) is 0 Å². The molecule has 0 bridgehead atoms. The van der Waals surface area contributed by atoms with E-state index in [1.807, 2.05) is 10.9 Å². The minimum atomic E-state index is -2.50. The molecular formula is C20H32FN3Sn. The molecule has 2 rings (SSSR count). The van der Waals surface area contributed by atoms with E-state index < -0.39 is 18.4 Å². The zero-order valence-electron chi connectivity index (χ0n) is 16.0. The van der Waals surface area contributed by atoms with Crippen LogP contribution in [0, 0.1) is 5.82 Å². The van der Waals surface area contributed by atoms with Crippen LogP contribution in [0.1, 0.15) is 59.3 Å². The van der Waals surface area contributed by atoms with Crippen molar-refractivity contribution in [2.45, 2.75) is 72.6 Å². The zero-order chi connectivity index (χ0) is 18.1. The van der Waals surface area contributed by atoms with Crippen LogP contribution in [0.25, 0.3) is 5.69 Å². The quantitative estimate of drug-likeness (QED) is 0.424. The third-order valence-corrected chi connectivity index (χ3v) is 20.2. The SMILES string of the molecule is CCC[CH2][Sn]([CH2]CCC)([CH2]CCC)[c]1ccn(-c2cncc(F)c2)n1. The first-order chi connectivity index (χ1) is 12.1. The Morgan fingerprint density at radius 1 is 0.960 bits per heavy atom. The van der Waals surface area contributed by atoms with Gasteiger partial charge in [0.05, 0.1) is 0 Å². The van der Waals surface area contributed by atoms with Crippen molar-refractivity contribution in [3.63, 3.8) is 0 Å². The van der Waals surface area contributed by atoms with Crippen LogP contribution in [0.2, 0.25) is 13.3 Å². The summed E-state index contributed by atoms with van der Waals surface area (Å²) in [6, 6.07) is 3.73. The van der Waals surface area contributed by atoms with Crippen molar-refractivity contribution in [1.29, 1.82) is 0 Å². The fourth-order valence-corrected chi connectivity index (χ4v) is 18.9. The molecule has 2 aromatic heterocycles. The fraction of sp³-hybridized carbons (Fsp3) is 0.600. The molecule has 0 spiro atoms. The van der Waals surface area contributed by atoms with Gasteiger partial charge in [0.25, 0.3) is 0 Å². The Morgan fingerprint density at radius 3 is 2.08 bits per heavy atom. The van der Waals surface area contributed by atoms with Gasteiger partial charge in [-0.15, -0.1) is 0 Å². The average Bonchev–Trinajstić information content (AvgIpc) is 3.12. The number of hydrogen-bond donors (Lipinski definition) is 0. The molecule has 2 heterocycles. The third-order valence-electron chi connectivity index (χ3n) is 5.11. The first-order valence-electron chi connectivity index (χ1n) is 9.82. The van der Waals surface area contributed by atoms with E-state index in [0.717, 1.165) is 0 Å². The molecule has 2 aromatic rings. The summed E-state index contributed by atoms with van der Waals surface area (Å²) in [5, 5.41) is 4.96. The van der Waals surface area contributed by atoms with E-state index in [1.54, 1.807) is 6.20 Å². The predicted molar refractivity (Wildman–Crippen MR) is 106 cm³/mol. The first-order valence-corrected chi connectivity index (χ1v) is 17.3. The van der Waals surface area contributed by atoms with Gasteiger partial charge in [-0.2, -0.15) is 0 Å². The second kappa shape index (κ2) is 10.3. The van der Waals surface area contributed by atoms with Gasteiger partial charge in [-0.05, 0) is 0 Å². The minimum absolute atomic E-state index is 0.313. The summed E-state index contributed by atoms with van der Waals surface area (Å²) in [5.74, 6) is -0.313. The number of aromatic nitrogens is 3. The van der Waals surface area contributed by atoms with Crippen molar-refractivity contribution in [3.8, 4) is 5.69 Å². The molecule has 0 fully saturated rings. The van der Waals surface area contributed by atoms with Crippen LogP contribution in [0.3, 0.4) is 0 Å². The zero-order valence-corrected chi connectivity index (χ0v) is 18.8. The molecule has 5 heteroatoms. The molecule has 0 N–H and O–H groups in total. The standard InChI is InChI=1S/C8H5FN3.3C4H9.Sn/c9-7-4-8(6-10-5-7)12-3-1-2-11-12;3*1-3-4-2;/h1,3-6H;3*1,3-4H2,2H3;. The van der Waals surface area contributed by atoms with E-state index in [0.29, 0.717) is 5.69 Å². The molecule has 138 valence electrons. The fourth-order valence-electron chi connectivity index (χ4n) is 3.58. The second-order valence-electron chi connectivity index (χ2n) is 7.10. The Labute approximate surface area is 155 Å². The first kappa shape index (κ1) is 20.4. The van der Waals surface area contributed by atoms with Crippen LogP contribution >= 0.6 is 0 Å². The molecule has 0 amide bonds. The molecule has 0 radical (unpaired) electrons. The number of unbranched alkanes of at least 4 members (excludes halogenated alkanes) is 3. The van der Waals surface area contributed by atoms with E-state index >= 15 is 0 Å². The molecule has 0 aliphatic heterocycles. The van der Waals surface area contributed by atoms with Crippen LogP contribution in [0.15, 0.2) is 30.7 Å². The van der Waals surface area contributed by atoms with Gasteiger partial charge in [0, 0.05) is 0 Å². The Morgan fingerprint density at radius 2 is 1.56 bits per heavy atom. The molecule has 0 unspecified atom stereocenters. The molecule has 0 aromatic carbocycles. The Bertz CT molecular complexity index is 620. The summed E-state index contributed by atoms with van der Waals surface area (Å²) in [4.78, 5) is 3.96. The van der Waals surface area contributed by atoms with Crippen molar-refractivity contribution < 1.29 is 4.39 Å². The Hall–Kier alpha value is -0.911. The molecule has 0 saturated carbocycles. The van der Waals surface area contributed by atoms with Crippen LogP contribution < -0.4 is 3.71 Å². The summed E-state index contributed by atoms with van der Waals surface area (Å²) in [7, 11) is 0. The van der Waals surface area contributed by atoms with E-state index in [-0.39, 0.29) is 5.82 Å². The van der Waals surface area contributed by atoms with E-state index in [4.69, 9.17) is 5.10 Å². The van der Waals surface area contributed by atoms with Crippen molar-refractivity contribution in [2.24, 2.45) is 0 Å². The van der Waals surface area contributed by atoms with E-state index in [9.17, 15) is 4.39 Å². The van der Waals surface area contributed by atoms with Gasteiger partial charge in [0.1, 0.15) is 0 Å². The molecule has 0 atom stereocenters. The molecule has 0 saturated heterocycles. The third kappa shape index (κ3) is 5.53.